The lowest BCUT2D eigenvalue weighted by Crippen LogP contribution is -2.08. The number of carboxylic acid groups (broad SMARTS) is 1. The van der Waals surface area contributed by atoms with Gasteiger partial charge in [0.2, 0.25) is 0 Å². The third-order valence-corrected chi connectivity index (χ3v) is 1.97. The van der Waals surface area contributed by atoms with Gasteiger partial charge in [0, 0.05) is 5.56 Å². The van der Waals surface area contributed by atoms with E-state index in [0.717, 1.165) is 11.3 Å². The Hall–Kier alpha value is -2.48. The summed E-state index contributed by atoms with van der Waals surface area (Å²) < 4.78 is 5.01. The predicted molar refractivity (Wildman–Crippen MR) is 66.6 cm³/mol. The molecule has 0 aliphatic heterocycles. The lowest BCUT2D eigenvalue weighted by atomic mass is 10.2. The zero-order valence-electron chi connectivity index (χ0n) is 10.1. The maximum absolute atomic E-state index is 10.4. The molecule has 1 rings (SSSR count). The van der Waals surface area contributed by atoms with Crippen molar-refractivity contribution >= 4 is 11.7 Å². The molecular weight excluding hydrogens is 234 g/mol. The number of carbonyl (C=O) groups is 1. The molecule has 94 valence electrons. The summed E-state index contributed by atoms with van der Waals surface area (Å²) in [6.45, 7) is 1.38. The summed E-state index contributed by atoms with van der Waals surface area (Å²) in [7, 11) is 1.59. The summed E-state index contributed by atoms with van der Waals surface area (Å²) in [6.07, 6.45) is 0. The van der Waals surface area contributed by atoms with Gasteiger partial charge >= 0.3 is 5.97 Å². The van der Waals surface area contributed by atoms with Crippen molar-refractivity contribution in [1.82, 2.24) is 0 Å². The van der Waals surface area contributed by atoms with Crippen LogP contribution in [0.5, 0.6) is 5.75 Å². The molecule has 0 atom stereocenters. The van der Waals surface area contributed by atoms with E-state index in [1.807, 2.05) is 12.1 Å². The fourth-order valence-corrected chi connectivity index (χ4v) is 1.01. The van der Waals surface area contributed by atoms with E-state index in [9.17, 15) is 4.79 Å². The maximum Gasteiger partial charge on any atom is 0.353 e. The van der Waals surface area contributed by atoms with Gasteiger partial charge in [-0.2, -0.15) is 0 Å². The van der Waals surface area contributed by atoms with E-state index in [-0.39, 0.29) is 12.3 Å². The average molecular weight is 247 g/mol. The quantitative estimate of drug-likeness (QED) is 0.379. The standard InChI is InChI=1S/C13H13NO4/c1-10(13(15)16)14-18-9-3-4-11-5-7-12(17-2)8-6-11/h5-8H,9H2,1-2H3,(H,15,16)/b14-10+. The van der Waals surface area contributed by atoms with Gasteiger partial charge in [-0.05, 0) is 31.2 Å². The van der Waals surface area contributed by atoms with Crippen LogP contribution in [0, 0.1) is 11.8 Å². The molecule has 0 saturated heterocycles. The first-order chi connectivity index (χ1) is 8.63. The molecule has 1 N–H and O–H groups in total. The Morgan fingerprint density at radius 2 is 2.06 bits per heavy atom. The highest BCUT2D eigenvalue weighted by molar-refractivity contribution is 6.34. The van der Waals surface area contributed by atoms with Crippen LogP contribution in [-0.4, -0.2) is 30.5 Å². The van der Waals surface area contributed by atoms with E-state index in [1.165, 1.54) is 6.92 Å². The van der Waals surface area contributed by atoms with Gasteiger partial charge in [0.25, 0.3) is 0 Å². The molecule has 18 heavy (non-hydrogen) atoms. The molecule has 0 bridgehead atoms. The Labute approximate surface area is 105 Å². The van der Waals surface area contributed by atoms with Crippen molar-refractivity contribution in [2.45, 2.75) is 6.92 Å². The highest BCUT2D eigenvalue weighted by Crippen LogP contribution is 2.09. The first kappa shape index (κ1) is 13.6. The zero-order valence-corrected chi connectivity index (χ0v) is 10.1. The highest BCUT2D eigenvalue weighted by atomic mass is 16.6. The van der Waals surface area contributed by atoms with Crippen molar-refractivity contribution in [1.29, 1.82) is 0 Å². The largest absolute Gasteiger partial charge is 0.497 e. The van der Waals surface area contributed by atoms with Crippen LogP contribution in [-0.2, 0) is 9.63 Å². The van der Waals surface area contributed by atoms with Crippen LogP contribution in [0.15, 0.2) is 29.4 Å². The monoisotopic (exact) mass is 247 g/mol. The van der Waals surface area contributed by atoms with Crippen molar-refractivity contribution in [3.8, 4) is 17.6 Å². The van der Waals surface area contributed by atoms with Crippen molar-refractivity contribution in [2.24, 2.45) is 5.16 Å². The Kier molecular flexibility index (Phi) is 5.26. The molecule has 5 nitrogen and oxygen atoms in total. The second-order valence-corrected chi connectivity index (χ2v) is 3.29. The Morgan fingerprint density at radius 3 is 2.61 bits per heavy atom. The summed E-state index contributed by atoms with van der Waals surface area (Å²) in [5, 5.41) is 11.9. The average Bonchev–Trinajstić information content (AvgIpc) is 2.38. The van der Waals surface area contributed by atoms with Crippen molar-refractivity contribution < 1.29 is 19.5 Å². The molecule has 5 heteroatoms. The van der Waals surface area contributed by atoms with Crippen molar-refractivity contribution in [2.75, 3.05) is 13.7 Å². The van der Waals surface area contributed by atoms with Crippen LogP contribution in [0.3, 0.4) is 0 Å². The van der Waals surface area contributed by atoms with Gasteiger partial charge in [0.05, 0.1) is 7.11 Å². The lowest BCUT2D eigenvalue weighted by Gasteiger charge is -1.97. The maximum atomic E-state index is 10.4. The molecule has 0 unspecified atom stereocenters. The fourth-order valence-electron chi connectivity index (χ4n) is 1.01. The van der Waals surface area contributed by atoms with Gasteiger partial charge in [0.15, 0.2) is 12.3 Å². The molecule has 0 saturated carbocycles. The van der Waals surface area contributed by atoms with Crippen LogP contribution >= 0.6 is 0 Å². The number of carboxylic acids is 1. The number of oxime groups is 1. The lowest BCUT2D eigenvalue weighted by molar-refractivity contribution is -0.129. The Balaban J connectivity index is 2.46. The third kappa shape index (κ3) is 4.58. The minimum absolute atomic E-state index is 0.0383. The fraction of sp³-hybridized carbons (Fsp3) is 0.231. The number of nitrogens with zero attached hydrogens (tertiary/aromatic N) is 1. The smallest absolute Gasteiger partial charge is 0.353 e. The van der Waals surface area contributed by atoms with Crippen LogP contribution in [0.2, 0.25) is 0 Å². The molecular formula is C13H13NO4. The van der Waals surface area contributed by atoms with Gasteiger partial charge in [-0.3, -0.25) is 0 Å². The van der Waals surface area contributed by atoms with Gasteiger partial charge in [-0.15, -0.1) is 0 Å². The molecule has 0 fully saturated rings. The van der Waals surface area contributed by atoms with Gasteiger partial charge < -0.3 is 14.7 Å². The van der Waals surface area contributed by atoms with Gasteiger partial charge in [-0.25, -0.2) is 4.79 Å². The molecule has 0 amide bonds. The van der Waals surface area contributed by atoms with Crippen molar-refractivity contribution in [3.63, 3.8) is 0 Å². The third-order valence-electron chi connectivity index (χ3n) is 1.97. The summed E-state index contributed by atoms with van der Waals surface area (Å²) in [6, 6.07) is 7.24. The normalized spacial score (nSPS) is 10.2. The second-order valence-electron chi connectivity index (χ2n) is 3.29. The number of hydrogen-bond donors (Lipinski definition) is 1. The number of hydrogen-bond acceptors (Lipinski definition) is 4. The minimum Gasteiger partial charge on any atom is -0.497 e. The molecule has 1 aromatic carbocycles. The minimum atomic E-state index is -1.11. The first-order valence-electron chi connectivity index (χ1n) is 5.16. The molecule has 0 spiro atoms. The summed E-state index contributed by atoms with van der Waals surface area (Å²) in [4.78, 5) is 15.1. The molecule has 1 aromatic rings. The predicted octanol–water partition coefficient (Wildman–Crippen LogP) is 1.52. The number of aliphatic carboxylic acids is 1. The zero-order chi connectivity index (χ0) is 13.4. The summed E-state index contributed by atoms with van der Waals surface area (Å²) >= 11 is 0. The highest BCUT2D eigenvalue weighted by Gasteiger charge is 2.00. The first-order valence-corrected chi connectivity index (χ1v) is 5.16. The molecule has 0 aliphatic carbocycles. The van der Waals surface area contributed by atoms with Crippen LogP contribution in [0.25, 0.3) is 0 Å². The van der Waals surface area contributed by atoms with Crippen LogP contribution in [0.1, 0.15) is 12.5 Å². The van der Waals surface area contributed by atoms with E-state index < -0.39 is 5.97 Å². The number of methoxy groups -OCH3 is 1. The summed E-state index contributed by atoms with van der Waals surface area (Å²) in [5.74, 6) is 5.22. The van der Waals surface area contributed by atoms with E-state index in [1.54, 1.807) is 19.2 Å². The van der Waals surface area contributed by atoms with E-state index in [4.69, 9.17) is 14.7 Å². The number of benzene rings is 1. The van der Waals surface area contributed by atoms with Crippen LogP contribution < -0.4 is 4.74 Å². The summed E-state index contributed by atoms with van der Waals surface area (Å²) in [5.41, 5.74) is 0.708. The molecule has 0 aliphatic rings. The van der Waals surface area contributed by atoms with Crippen LogP contribution in [0.4, 0.5) is 0 Å². The molecule has 0 aromatic heterocycles. The van der Waals surface area contributed by atoms with E-state index >= 15 is 0 Å². The molecule has 0 radical (unpaired) electrons. The number of rotatable bonds is 4. The van der Waals surface area contributed by atoms with E-state index in [2.05, 4.69) is 17.0 Å². The SMILES string of the molecule is COc1ccc(C#CCO/N=C(\C)C(=O)O)cc1. The van der Waals surface area contributed by atoms with Gasteiger partial charge in [-0.1, -0.05) is 17.0 Å². The topological polar surface area (TPSA) is 68.1 Å². The molecule has 0 heterocycles. The Bertz CT molecular complexity index is 494. The Morgan fingerprint density at radius 1 is 1.39 bits per heavy atom. The second kappa shape index (κ2) is 6.97. The van der Waals surface area contributed by atoms with Gasteiger partial charge in [0.1, 0.15) is 5.75 Å². The number of ether oxygens (including phenoxy) is 1. The van der Waals surface area contributed by atoms with Crippen molar-refractivity contribution in [3.05, 3.63) is 29.8 Å². The van der Waals surface area contributed by atoms with E-state index in [0.29, 0.717) is 0 Å².